The van der Waals surface area contributed by atoms with Crippen molar-refractivity contribution in [2.75, 3.05) is 19.0 Å². The third kappa shape index (κ3) is 4.14. The van der Waals surface area contributed by atoms with Gasteiger partial charge in [-0.25, -0.2) is 4.79 Å². The van der Waals surface area contributed by atoms with E-state index >= 15 is 0 Å². The van der Waals surface area contributed by atoms with E-state index < -0.39 is 0 Å². The summed E-state index contributed by atoms with van der Waals surface area (Å²) in [5.74, 6) is 0.512. The number of hydrogen-bond acceptors (Lipinski definition) is 4. The van der Waals surface area contributed by atoms with E-state index in [2.05, 4.69) is 20.8 Å². The van der Waals surface area contributed by atoms with Crippen molar-refractivity contribution in [3.8, 4) is 0 Å². The fourth-order valence-corrected chi connectivity index (χ4v) is 2.72. The fraction of sp³-hybridized carbons (Fsp3) is 0.562. The molecule has 0 fully saturated rings. The summed E-state index contributed by atoms with van der Waals surface area (Å²) in [6, 6.07) is 1.40. The Hall–Kier alpha value is -2.35. The van der Waals surface area contributed by atoms with E-state index in [1.807, 2.05) is 32.5 Å². The van der Waals surface area contributed by atoms with E-state index in [1.165, 1.54) is 0 Å². The first kappa shape index (κ1) is 18.0. The lowest BCUT2D eigenvalue weighted by atomic mass is 10.0. The molecule has 1 atom stereocenters. The third-order valence-electron chi connectivity index (χ3n) is 4.03. The SMILES string of the molecule is CC[C@H](NC(=O)Nc1ccn(CCOC)n1)c1c(C)nn(C)c1C. The number of nitrogens with one attached hydrogen (secondary N) is 2. The van der Waals surface area contributed by atoms with Crippen LogP contribution in [0, 0.1) is 13.8 Å². The van der Waals surface area contributed by atoms with Gasteiger partial charge in [-0.1, -0.05) is 6.92 Å². The average Bonchev–Trinajstić information content (AvgIpc) is 3.08. The number of amides is 2. The van der Waals surface area contributed by atoms with Crippen LogP contribution in [0.4, 0.5) is 10.6 Å². The van der Waals surface area contributed by atoms with Crippen LogP contribution in [0.2, 0.25) is 0 Å². The Kier molecular flexibility index (Phi) is 5.97. The van der Waals surface area contributed by atoms with Crippen molar-refractivity contribution in [2.45, 2.75) is 39.8 Å². The Morgan fingerprint density at radius 3 is 2.71 bits per heavy atom. The Balaban J connectivity index is 2.00. The van der Waals surface area contributed by atoms with Gasteiger partial charge in [0.1, 0.15) is 0 Å². The lowest BCUT2D eigenvalue weighted by Crippen LogP contribution is -2.33. The second kappa shape index (κ2) is 7.96. The van der Waals surface area contributed by atoms with Crippen LogP contribution in [0.15, 0.2) is 12.3 Å². The number of anilines is 1. The molecule has 24 heavy (non-hydrogen) atoms. The molecule has 0 unspecified atom stereocenters. The zero-order chi connectivity index (χ0) is 17.7. The molecule has 8 nitrogen and oxygen atoms in total. The van der Waals surface area contributed by atoms with E-state index in [9.17, 15) is 4.79 Å². The summed E-state index contributed by atoms with van der Waals surface area (Å²) in [7, 11) is 3.55. The molecule has 0 aliphatic heterocycles. The molecule has 0 saturated carbocycles. The molecule has 0 saturated heterocycles. The molecule has 132 valence electrons. The van der Waals surface area contributed by atoms with E-state index in [-0.39, 0.29) is 12.1 Å². The smallest absolute Gasteiger partial charge is 0.320 e. The molecule has 0 aromatic carbocycles. The molecule has 2 heterocycles. The van der Waals surface area contributed by atoms with Gasteiger partial charge in [0.05, 0.1) is 24.9 Å². The predicted molar refractivity (Wildman–Crippen MR) is 92.0 cm³/mol. The molecule has 0 radical (unpaired) electrons. The number of aromatic nitrogens is 4. The van der Waals surface area contributed by atoms with Crippen LogP contribution < -0.4 is 10.6 Å². The fourth-order valence-electron chi connectivity index (χ4n) is 2.72. The van der Waals surface area contributed by atoms with Crippen molar-refractivity contribution in [3.63, 3.8) is 0 Å². The first-order valence-electron chi connectivity index (χ1n) is 8.06. The molecule has 2 rings (SSSR count). The van der Waals surface area contributed by atoms with E-state index in [4.69, 9.17) is 4.74 Å². The van der Waals surface area contributed by atoms with Gasteiger partial charge in [-0.05, 0) is 20.3 Å². The van der Waals surface area contributed by atoms with Crippen molar-refractivity contribution < 1.29 is 9.53 Å². The molecule has 0 spiro atoms. The highest BCUT2D eigenvalue weighted by atomic mass is 16.5. The average molecular weight is 334 g/mol. The monoisotopic (exact) mass is 334 g/mol. The van der Waals surface area contributed by atoms with Gasteiger partial charge >= 0.3 is 6.03 Å². The number of aryl methyl sites for hydroxylation is 2. The number of urea groups is 1. The standard InChI is InChI=1S/C16H26N6O2/c1-6-13(15-11(2)19-21(4)12(15)3)17-16(23)18-14-7-8-22(20-14)9-10-24-5/h7-8,13H,6,9-10H2,1-5H3,(H2,17,18,20,23)/t13-/m0/s1. The minimum Gasteiger partial charge on any atom is -0.383 e. The van der Waals surface area contributed by atoms with E-state index in [1.54, 1.807) is 24.1 Å². The van der Waals surface area contributed by atoms with Crippen LogP contribution in [-0.4, -0.2) is 39.3 Å². The number of hydrogen-bond donors (Lipinski definition) is 2. The molecular formula is C16H26N6O2. The second-order valence-corrected chi connectivity index (χ2v) is 5.72. The molecule has 0 aliphatic rings. The van der Waals surface area contributed by atoms with Gasteiger partial charge in [-0.15, -0.1) is 0 Å². The van der Waals surface area contributed by atoms with Crippen molar-refractivity contribution in [2.24, 2.45) is 7.05 Å². The zero-order valence-electron chi connectivity index (χ0n) is 15.0. The van der Waals surface area contributed by atoms with Gasteiger partial charge in [0.2, 0.25) is 0 Å². The maximum atomic E-state index is 12.3. The highest BCUT2D eigenvalue weighted by Crippen LogP contribution is 2.23. The van der Waals surface area contributed by atoms with Crippen LogP contribution >= 0.6 is 0 Å². The van der Waals surface area contributed by atoms with Gasteiger partial charge in [-0.3, -0.25) is 14.7 Å². The largest absolute Gasteiger partial charge is 0.383 e. The van der Waals surface area contributed by atoms with Gasteiger partial charge in [0.15, 0.2) is 5.82 Å². The first-order valence-corrected chi connectivity index (χ1v) is 8.06. The Morgan fingerprint density at radius 1 is 1.38 bits per heavy atom. The van der Waals surface area contributed by atoms with Gasteiger partial charge < -0.3 is 10.1 Å². The highest BCUT2D eigenvalue weighted by Gasteiger charge is 2.20. The quantitative estimate of drug-likeness (QED) is 0.812. The maximum Gasteiger partial charge on any atom is 0.320 e. The Bertz CT molecular complexity index is 691. The van der Waals surface area contributed by atoms with Gasteiger partial charge in [-0.2, -0.15) is 10.2 Å². The zero-order valence-corrected chi connectivity index (χ0v) is 15.0. The lowest BCUT2D eigenvalue weighted by Gasteiger charge is -2.18. The molecule has 2 aromatic heterocycles. The summed E-state index contributed by atoms with van der Waals surface area (Å²) in [6.45, 7) is 7.23. The summed E-state index contributed by atoms with van der Waals surface area (Å²) in [6.07, 6.45) is 2.59. The molecule has 0 aliphatic carbocycles. The van der Waals surface area contributed by atoms with Crippen LogP contribution in [0.25, 0.3) is 0 Å². The molecule has 0 bridgehead atoms. The molecular weight excluding hydrogens is 308 g/mol. The maximum absolute atomic E-state index is 12.3. The first-order chi connectivity index (χ1) is 11.5. The number of rotatable bonds is 7. The highest BCUT2D eigenvalue weighted by molar-refractivity contribution is 5.88. The summed E-state index contributed by atoms with van der Waals surface area (Å²) < 4.78 is 8.57. The van der Waals surface area contributed by atoms with Gasteiger partial charge in [0.25, 0.3) is 0 Å². The van der Waals surface area contributed by atoms with Crippen molar-refractivity contribution >= 4 is 11.8 Å². The summed E-state index contributed by atoms with van der Waals surface area (Å²) >= 11 is 0. The number of nitrogens with zero attached hydrogens (tertiary/aromatic N) is 4. The van der Waals surface area contributed by atoms with Crippen LogP contribution in [0.1, 0.15) is 36.3 Å². The summed E-state index contributed by atoms with van der Waals surface area (Å²) in [5, 5.41) is 14.5. The second-order valence-electron chi connectivity index (χ2n) is 5.72. The lowest BCUT2D eigenvalue weighted by molar-refractivity contribution is 0.183. The van der Waals surface area contributed by atoms with Crippen molar-refractivity contribution in [1.82, 2.24) is 24.9 Å². The normalized spacial score (nSPS) is 12.2. The molecule has 2 N–H and O–H groups in total. The number of carbonyl (C=O) groups excluding carboxylic acids is 1. The number of ether oxygens (including phenoxy) is 1. The number of carbonyl (C=O) groups is 1. The minimum absolute atomic E-state index is 0.0886. The molecule has 8 heteroatoms. The number of methoxy groups -OCH3 is 1. The van der Waals surface area contributed by atoms with Crippen LogP contribution in [0.3, 0.4) is 0 Å². The summed E-state index contributed by atoms with van der Waals surface area (Å²) in [5.41, 5.74) is 3.07. The van der Waals surface area contributed by atoms with E-state index in [0.717, 1.165) is 23.4 Å². The Morgan fingerprint density at radius 2 is 2.12 bits per heavy atom. The van der Waals surface area contributed by atoms with Crippen LogP contribution in [-0.2, 0) is 18.3 Å². The molecule has 2 aromatic rings. The predicted octanol–water partition coefficient (Wildman–Crippen LogP) is 2.15. The van der Waals surface area contributed by atoms with Gasteiger partial charge in [0, 0.05) is 37.7 Å². The van der Waals surface area contributed by atoms with Crippen molar-refractivity contribution in [1.29, 1.82) is 0 Å². The Labute approximate surface area is 142 Å². The van der Waals surface area contributed by atoms with E-state index in [0.29, 0.717) is 19.0 Å². The third-order valence-corrected chi connectivity index (χ3v) is 4.03. The van der Waals surface area contributed by atoms with Crippen molar-refractivity contribution in [3.05, 3.63) is 29.2 Å². The van der Waals surface area contributed by atoms with Crippen LogP contribution in [0.5, 0.6) is 0 Å². The minimum atomic E-state index is -0.276. The topological polar surface area (TPSA) is 86.0 Å². The summed E-state index contributed by atoms with van der Waals surface area (Å²) in [4.78, 5) is 12.3. The molecule has 2 amide bonds.